The van der Waals surface area contributed by atoms with Crippen LogP contribution < -0.4 is 5.73 Å². The lowest BCUT2D eigenvalue weighted by Crippen LogP contribution is -2.09. The summed E-state index contributed by atoms with van der Waals surface area (Å²) >= 11 is 0. The van der Waals surface area contributed by atoms with Gasteiger partial charge in [-0.3, -0.25) is 0 Å². The third-order valence-corrected chi connectivity index (χ3v) is 3.01. The van der Waals surface area contributed by atoms with Gasteiger partial charge in [0.05, 0.1) is 12.6 Å². The first-order valence-corrected chi connectivity index (χ1v) is 5.67. The monoisotopic (exact) mass is 266 g/mol. The Labute approximate surface area is 111 Å². The van der Waals surface area contributed by atoms with Crippen LogP contribution in [0.5, 0.6) is 0 Å². The van der Waals surface area contributed by atoms with Gasteiger partial charge in [-0.15, -0.1) is 12.4 Å². The molecule has 2 N–H and O–H groups in total. The molecule has 1 atom stereocenters. The highest BCUT2D eigenvalue weighted by Crippen LogP contribution is 2.26. The number of nitrogens with two attached hydrogens (primary N) is 1. The number of halogens is 1. The minimum absolute atomic E-state index is 0. The van der Waals surface area contributed by atoms with Crippen molar-refractivity contribution < 1.29 is 4.74 Å². The molecule has 0 aliphatic carbocycles. The molecule has 2 aromatic heterocycles. The maximum Gasteiger partial charge on any atom is 0.140 e. The van der Waals surface area contributed by atoms with E-state index < -0.39 is 0 Å². The molecular formula is C12H15ClN4O. The molecule has 0 radical (unpaired) electrons. The van der Waals surface area contributed by atoms with Crippen molar-refractivity contribution in [1.82, 2.24) is 14.5 Å². The van der Waals surface area contributed by atoms with E-state index in [2.05, 4.69) is 14.5 Å². The first kappa shape index (κ1) is 12.9. The molecule has 1 fully saturated rings. The Morgan fingerprint density at radius 1 is 1.33 bits per heavy atom. The SMILES string of the molecule is Cl.Nc1cc(-c2nccn2C2CCOC2)ccn1. The average molecular weight is 267 g/mol. The number of aromatic nitrogens is 3. The Hall–Kier alpha value is -1.59. The molecule has 0 saturated carbocycles. The normalized spacial score (nSPS) is 18.6. The van der Waals surface area contributed by atoms with E-state index in [4.69, 9.17) is 10.5 Å². The van der Waals surface area contributed by atoms with Crippen LogP contribution in [0.15, 0.2) is 30.7 Å². The van der Waals surface area contributed by atoms with Gasteiger partial charge in [0.15, 0.2) is 0 Å². The van der Waals surface area contributed by atoms with E-state index in [9.17, 15) is 0 Å². The molecule has 3 heterocycles. The lowest BCUT2D eigenvalue weighted by Gasteiger charge is -2.13. The Morgan fingerprint density at radius 3 is 2.94 bits per heavy atom. The molecule has 6 heteroatoms. The van der Waals surface area contributed by atoms with E-state index in [1.807, 2.05) is 24.5 Å². The zero-order valence-electron chi connectivity index (χ0n) is 9.82. The molecule has 5 nitrogen and oxygen atoms in total. The van der Waals surface area contributed by atoms with Crippen LogP contribution in [0.4, 0.5) is 5.82 Å². The van der Waals surface area contributed by atoms with Gasteiger partial charge >= 0.3 is 0 Å². The van der Waals surface area contributed by atoms with Crippen molar-refractivity contribution in [3.05, 3.63) is 30.7 Å². The number of imidazole rings is 1. The van der Waals surface area contributed by atoms with Gasteiger partial charge in [-0.05, 0) is 18.6 Å². The third kappa shape index (κ3) is 2.32. The van der Waals surface area contributed by atoms with Crippen LogP contribution in [0.25, 0.3) is 11.4 Å². The molecule has 0 spiro atoms. The molecule has 2 aromatic rings. The summed E-state index contributed by atoms with van der Waals surface area (Å²) in [5.41, 5.74) is 6.69. The lowest BCUT2D eigenvalue weighted by atomic mass is 10.2. The standard InChI is InChI=1S/C12H14N4O.ClH/c13-11-7-9(1-3-14-11)12-15-4-5-16(12)10-2-6-17-8-10;/h1,3-5,7,10H,2,6,8H2,(H2,13,14);1H. The number of rotatable bonds is 2. The highest BCUT2D eigenvalue weighted by Gasteiger charge is 2.20. The number of hydrogen-bond donors (Lipinski definition) is 1. The van der Waals surface area contributed by atoms with Crippen molar-refractivity contribution in [2.24, 2.45) is 0 Å². The molecule has 1 saturated heterocycles. The van der Waals surface area contributed by atoms with Crippen LogP contribution in [-0.2, 0) is 4.74 Å². The highest BCUT2D eigenvalue weighted by atomic mass is 35.5. The van der Waals surface area contributed by atoms with Crippen molar-refractivity contribution in [3.63, 3.8) is 0 Å². The van der Waals surface area contributed by atoms with Crippen molar-refractivity contribution in [2.45, 2.75) is 12.5 Å². The Morgan fingerprint density at radius 2 is 2.22 bits per heavy atom. The van der Waals surface area contributed by atoms with E-state index in [0.717, 1.165) is 31.0 Å². The number of hydrogen-bond acceptors (Lipinski definition) is 4. The fourth-order valence-electron chi connectivity index (χ4n) is 2.16. The van der Waals surface area contributed by atoms with Crippen molar-refractivity contribution in [1.29, 1.82) is 0 Å². The molecule has 1 aliphatic heterocycles. The third-order valence-electron chi connectivity index (χ3n) is 3.01. The summed E-state index contributed by atoms with van der Waals surface area (Å²) in [6.45, 7) is 1.57. The lowest BCUT2D eigenvalue weighted by molar-refractivity contribution is 0.187. The first-order chi connectivity index (χ1) is 8.34. The molecule has 96 valence electrons. The van der Waals surface area contributed by atoms with Gasteiger partial charge in [0.1, 0.15) is 11.6 Å². The van der Waals surface area contributed by atoms with E-state index in [0.29, 0.717) is 11.9 Å². The van der Waals surface area contributed by atoms with Gasteiger partial charge in [0.2, 0.25) is 0 Å². The molecule has 0 bridgehead atoms. The number of ether oxygens (including phenoxy) is 1. The summed E-state index contributed by atoms with van der Waals surface area (Å²) in [7, 11) is 0. The molecule has 0 amide bonds. The maximum absolute atomic E-state index is 5.70. The van der Waals surface area contributed by atoms with Gasteiger partial charge in [0, 0.05) is 30.8 Å². The predicted octanol–water partition coefficient (Wildman–Crippen LogP) is 1.91. The minimum Gasteiger partial charge on any atom is -0.384 e. The summed E-state index contributed by atoms with van der Waals surface area (Å²) < 4.78 is 7.56. The summed E-state index contributed by atoms with van der Waals surface area (Å²) in [6, 6.07) is 4.14. The zero-order valence-corrected chi connectivity index (χ0v) is 10.6. The Balaban J connectivity index is 0.00000120. The second kappa shape index (κ2) is 5.37. The van der Waals surface area contributed by atoms with Gasteiger partial charge < -0.3 is 15.0 Å². The minimum atomic E-state index is 0. The highest BCUT2D eigenvalue weighted by molar-refractivity contribution is 5.85. The van der Waals surface area contributed by atoms with Crippen LogP contribution in [0.2, 0.25) is 0 Å². The topological polar surface area (TPSA) is 66.0 Å². The predicted molar refractivity (Wildman–Crippen MR) is 71.6 cm³/mol. The Kier molecular flexibility index (Phi) is 3.84. The average Bonchev–Trinajstić information content (AvgIpc) is 3.00. The maximum atomic E-state index is 5.70. The van der Waals surface area contributed by atoms with Crippen molar-refractivity contribution in [2.75, 3.05) is 18.9 Å². The largest absolute Gasteiger partial charge is 0.384 e. The summed E-state index contributed by atoms with van der Waals surface area (Å²) in [5.74, 6) is 1.44. The smallest absolute Gasteiger partial charge is 0.140 e. The van der Waals surface area contributed by atoms with E-state index >= 15 is 0 Å². The van der Waals surface area contributed by atoms with Crippen molar-refractivity contribution >= 4 is 18.2 Å². The number of nitrogen functional groups attached to an aromatic ring is 1. The van der Waals surface area contributed by atoms with Gasteiger partial charge in [-0.25, -0.2) is 9.97 Å². The van der Waals surface area contributed by atoms with Gasteiger partial charge in [-0.1, -0.05) is 0 Å². The summed E-state index contributed by atoms with van der Waals surface area (Å²) in [4.78, 5) is 8.39. The molecule has 1 aliphatic rings. The number of pyridine rings is 1. The van der Waals surface area contributed by atoms with E-state index in [-0.39, 0.29) is 12.4 Å². The number of anilines is 1. The first-order valence-electron chi connectivity index (χ1n) is 5.67. The fourth-order valence-corrected chi connectivity index (χ4v) is 2.16. The van der Waals surface area contributed by atoms with Crippen molar-refractivity contribution in [3.8, 4) is 11.4 Å². The summed E-state index contributed by atoms with van der Waals surface area (Å²) in [5, 5.41) is 0. The van der Waals surface area contributed by atoms with Crippen LogP contribution >= 0.6 is 12.4 Å². The van der Waals surface area contributed by atoms with Crippen LogP contribution in [0, 0.1) is 0 Å². The second-order valence-corrected chi connectivity index (χ2v) is 4.14. The van der Waals surface area contributed by atoms with E-state index in [1.165, 1.54) is 0 Å². The molecular weight excluding hydrogens is 252 g/mol. The quantitative estimate of drug-likeness (QED) is 0.902. The molecule has 1 unspecified atom stereocenters. The Bertz CT molecular complexity index is 522. The zero-order chi connectivity index (χ0) is 11.7. The van der Waals surface area contributed by atoms with Crippen LogP contribution in [0.1, 0.15) is 12.5 Å². The fraction of sp³-hybridized carbons (Fsp3) is 0.333. The molecule has 18 heavy (non-hydrogen) atoms. The summed E-state index contributed by atoms with van der Waals surface area (Å²) in [6.07, 6.45) is 6.54. The second-order valence-electron chi connectivity index (χ2n) is 4.14. The number of nitrogens with zero attached hydrogens (tertiary/aromatic N) is 3. The molecule has 3 rings (SSSR count). The van der Waals surface area contributed by atoms with Crippen LogP contribution in [0.3, 0.4) is 0 Å². The molecule has 0 aromatic carbocycles. The van der Waals surface area contributed by atoms with Gasteiger partial charge in [0.25, 0.3) is 0 Å². The van der Waals surface area contributed by atoms with E-state index in [1.54, 1.807) is 6.20 Å². The van der Waals surface area contributed by atoms with Crippen LogP contribution in [-0.4, -0.2) is 27.7 Å². The van der Waals surface area contributed by atoms with Gasteiger partial charge in [-0.2, -0.15) is 0 Å².